The summed E-state index contributed by atoms with van der Waals surface area (Å²) < 4.78 is 5.35. The molecule has 0 radical (unpaired) electrons. The van der Waals surface area contributed by atoms with Crippen molar-refractivity contribution in [2.24, 2.45) is 0 Å². The Labute approximate surface area is 98.3 Å². The summed E-state index contributed by atoms with van der Waals surface area (Å²) in [5.41, 5.74) is -0.387. The SMILES string of the molecule is CNCCCC1CCN1C(=O)OC(C)(C)C. The van der Waals surface area contributed by atoms with Gasteiger partial charge in [-0.1, -0.05) is 0 Å². The largest absolute Gasteiger partial charge is 0.444 e. The number of nitrogens with one attached hydrogen (secondary N) is 1. The summed E-state index contributed by atoms with van der Waals surface area (Å²) in [7, 11) is 1.95. The summed E-state index contributed by atoms with van der Waals surface area (Å²) >= 11 is 0. The molecule has 1 rings (SSSR count). The van der Waals surface area contributed by atoms with Crippen molar-refractivity contribution in [2.75, 3.05) is 20.1 Å². The van der Waals surface area contributed by atoms with Crippen LogP contribution in [0.3, 0.4) is 0 Å². The van der Waals surface area contributed by atoms with E-state index in [0.717, 1.165) is 32.4 Å². The minimum absolute atomic E-state index is 0.159. The molecule has 4 heteroatoms. The Balaban J connectivity index is 2.29. The lowest BCUT2D eigenvalue weighted by Crippen LogP contribution is -2.52. The molecular formula is C12H24N2O2. The number of rotatable bonds is 4. The first kappa shape index (κ1) is 13.3. The van der Waals surface area contributed by atoms with Gasteiger partial charge in [0, 0.05) is 12.6 Å². The average molecular weight is 228 g/mol. The van der Waals surface area contributed by atoms with E-state index in [2.05, 4.69) is 5.32 Å². The highest BCUT2D eigenvalue weighted by molar-refractivity contribution is 5.69. The van der Waals surface area contributed by atoms with Crippen LogP contribution in [-0.4, -0.2) is 42.8 Å². The van der Waals surface area contributed by atoms with Gasteiger partial charge in [-0.25, -0.2) is 4.79 Å². The summed E-state index contributed by atoms with van der Waals surface area (Å²) in [6.45, 7) is 7.57. The van der Waals surface area contributed by atoms with E-state index in [1.54, 1.807) is 0 Å². The molecule has 1 atom stereocenters. The molecule has 0 aliphatic carbocycles. The molecule has 1 aliphatic heterocycles. The van der Waals surface area contributed by atoms with E-state index in [1.165, 1.54) is 0 Å². The van der Waals surface area contributed by atoms with Crippen molar-refractivity contribution in [1.29, 1.82) is 0 Å². The molecule has 0 aromatic heterocycles. The molecule has 94 valence electrons. The van der Waals surface area contributed by atoms with E-state index in [4.69, 9.17) is 4.74 Å². The van der Waals surface area contributed by atoms with Crippen LogP contribution < -0.4 is 5.32 Å². The lowest BCUT2D eigenvalue weighted by atomic mass is 9.99. The first-order valence-electron chi connectivity index (χ1n) is 6.08. The third kappa shape index (κ3) is 4.00. The normalized spacial score (nSPS) is 20.5. The lowest BCUT2D eigenvalue weighted by Gasteiger charge is -2.41. The fraction of sp³-hybridized carbons (Fsp3) is 0.917. The van der Waals surface area contributed by atoms with Crippen molar-refractivity contribution >= 4 is 6.09 Å². The highest BCUT2D eigenvalue weighted by Gasteiger charge is 2.34. The number of likely N-dealkylation sites (tertiary alicyclic amines) is 1. The molecule has 16 heavy (non-hydrogen) atoms. The zero-order valence-electron chi connectivity index (χ0n) is 10.9. The second-order valence-electron chi connectivity index (χ2n) is 5.36. The van der Waals surface area contributed by atoms with Gasteiger partial charge in [0.25, 0.3) is 0 Å². The van der Waals surface area contributed by atoms with E-state index in [-0.39, 0.29) is 11.7 Å². The Morgan fingerprint density at radius 2 is 2.19 bits per heavy atom. The van der Waals surface area contributed by atoms with Crippen molar-refractivity contribution in [1.82, 2.24) is 10.2 Å². The molecular weight excluding hydrogens is 204 g/mol. The van der Waals surface area contributed by atoms with Gasteiger partial charge in [0.15, 0.2) is 0 Å². The number of hydrogen-bond acceptors (Lipinski definition) is 3. The van der Waals surface area contributed by atoms with Gasteiger partial charge < -0.3 is 15.0 Å². The molecule has 0 aromatic rings. The second-order valence-corrected chi connectivity index (χ2v) is 5.36. The molecule has 0 spiro atoms. The predicted molar refractivity (Wildman–Crippen MR) is 64.5 cm³/mol. The third-order valence-electron chi connectivity index (χ3n) is 2.74. The third-order valence-corrected chi connectivity index (χ3v) is 2.74. The Morgan fingerprint density at radius 3 is 2.62 bits per heavy atom. The number of carbonyl (C=O) groups is 1. The van der Waals surface area contributed by atoms with Gasteiger partial charge in [-0.15, -0.1) is 0 Å². The summed E-state index contributed by atoms with van der Waals surface area (Å²) in [5, 5.41) is 3.12. The summed E-state index contributed by atoms with van der Waals surface area (Å²) in [4.78, 5) is 13.6. The van der Waals surface area contributed by atoms with Gasteiger partial charge in [0.1, 0.15) is 5.60 Å². The Kier molecular flexibility index (Phi) is 4.59. The van der Waals surface area contributed by atoms with Crippen LogP contribution in [0.1, 0.15) is 40.0 Å². The van der Waals surface area contributed by atoms with Crippen molar-refractivity contribution in [2.45, 2.75) is 51.7 Å². The van der Waals surface area contributed by atoms with Crippen LogP contribution >= 0.6 is 0 Å². The van der Waals surface area contributed by atoms with E-state index >= 15 is 0 Å². The van der Waals surface area contributed by atoms with Crippen LogP contribution in [0.5, 0.6) is 0 Å². The molecule has 1 aliphatic rings. The monoisotopic (exact) mass is 228 g/mol. The Morgan fingerprint density at radius 1 is 1.50 bits per heavy atom. The maximum atomic E-state index is 11.8. The molecule has 4 nitrogen and oxygen atoms in total. The molecule has 1 heterocycles. The molecule has 0 bridgehead atoms. The van der Waals surface area contributed by atoms with Gasteiger partial charge in [-0.3, -0.25) is 0 Å². The number of carbonyl (C=O) groups excluding carboxylic acids is 1. The topological polar surface area (TPSA) is 41.6 Å². The standard InChI is InChI=1S/C12H24N2O2/c1-12(2,3)16-11(15)14-9-7-10(14)6-5-8-13-4/h10,13H,5-9H2,1-4H3. The van der Waals surface area contributed by atoms with Crippen molar-refractivity contribution < 1.29 is 9.53 Å². The first-order chi connectivity index (χ1) is 7.44. The number of nitrogens with zero attached hydrogens (tertiary/aromatic N) is 1. The van der Waals surface area contributed by atoms with Gasteiger partial charge >= 0.3 is 6.09 Å². The molecule has 1 saturated heterocycles. The molecule has 0 aromatic carbocycles. The zero-order valence-corrected chi connectivity index (χ0v) is 10.9. The molecule has 1 fully saturated rings. The van der Waals surface area contributed by atoms with Crippen LogP contribution in [0.15, 0.2) is 0 Å². The fourth-order valence-electron chi connectivity index (χ4n) is 1.82. The van der Waals surface area contributed by atoms with Gasteiger partial charge in [0.2, 0.25) is 0 Å². The number of hydrogen-bond donors (Lipinski definition) is 1. The highest BCUT2D eigenvalue weighted by Crippen LogP contribution is 2.24. The number of ether oxygens (including phenoxy) is 1. The summed E-state index contributed by atoms with van der Waals surface area (Å²) in [5.74, 6) is 0. The minimum Gasteiger partial charge on any atom is -0.444 e. The van der Waals surface area contributed by atoms with E-state index < -0.39 is 0 Å². The van der Waals surface area contributed by atoms with Crippen LogP contribution in [0.25, 0.3) is 0 Å². The van der Waals surface area contributed by atoms with Gasteiger partial charge in [0.05, 0.1) is 0 Å². The maximum Gasteiger partial charge on any atom is 0.410 e. The van der Waals surface area contributed by atoms with Gasteiger partial charge in [-0.2, -0.15) is 0 Å². The van der Waals surface area contributed by atoms with Crippen LogP contribution in [0, 0.1) is 0 Å². The summed E-state index contributed by atoms with van der Waals surface area (Å²) in [6.07, 6.45) is 3.14. The fourth-order valence-corrected chi connectivity index (χ4v) is 1.82. The molecule has 1 N–H and O–H groups in total. The van der Waals surface area contributed by atoms with Gasteiger partial charge in [-0.05, 0) is 53.6 Å². The molecule has 1 unspecified atom stereocenters. The van der Waals surface area contributed by atoms with E-state index in [9.17, 15) is 4.79 Å². The maximum absolute atomic E-state index is 11.8. The quantitative estimate of drug-likeness (QED) is 0.748. The van der Waals surface area contributed by atoms with Crippen molar-refractivity contribution in [3.8, 4) is 0 Å². The van der Waals surface area contributed by atoms with Crippen LogP contribution in [0.2, 0.25) is 0 Å². The Hall–Kier alpha value is -0.770. The minimum atomic E-state index is -0.387. The molecule has 1 amide bonds. The smallest absolute Gasteiger partial charge is 0.410 e. The van der Waals surface area contributed by atoms with Crippen molar-refractivity contribution in [3.05, 3.63) is 0 Å². The Bertz CT molecular complexity index is 236. The lowest BCUT2D eigenvalue weighted by molar-refractivity contribution is -0.00690. The predicted octanol–water partition coefficient (Wildman–Crippen LogP) is 2.00. The van der Waals surface area contributed by atoms with Crippen molar-refractivity contribution in [3.63, 3.8) is 0 Å². The van der Waals surface area contributed by atoms with E-state index in [0.29, 0.717) is 6.04 Å². The highest BCUT2D eigenvalue weighted by atomic mass is 16.6. The molecule has 0 saturated carbocycles. The van der Waals surface area contributed by atoms with Crippen LogP contribution in [-0.2, 0) is 4.74 Å². The zero-order chi connectivity index (χ0) is 12.2. The second kappa shape index (κ2) is 5.53. The average Bonchev–Trinajstić information content (AvgIpc) is 2.07. The first-order valence-corrected chi connectivity index (χ1v) is 6.08. The van der Waals surface area contributed by atoms with Crippen LogP contribution in [0.4, 0.5) is 4.79 Å². The number of amides is 1. The summed E-state index contributed by atoms with van der Waals surface area (Å²) in [6, 6.07) is 0.392. The van der Waals surface area contributed by atoms with E-state index in [1.807, 2.05) is 32.7 Å².